The molecule has 0 aliphatic carbocycles. The highest BCUT2D eigenvalue weighted by Gasteiger charge is 2.24. The molecule has 0 N–H and O–H groups in total. The molecule has 3 heterocycles. The molecule has 0 fully saturated rings. The van der Waals surface area contributed by atoms with Crippen molar-refractivity contribution in [3.05, 3.63) is 200 Å². The van der Waals surface area contributed by atoms with Crippen LogP contribution in [0.1, 0.15) is 0 Å². The zero-order valence-corrected chi connectivity index (χ0v) is 32.0. The molecular weight excluding hydrogens is 727 g/mol. The highest BCUT2D eigenvalue weighted by atomic mass is 32.1. The Hall–Kier alpha value is -7.40. The van der Waals surface area contributed by atoms with Crippen molar-refractivity contribution in [1.82, 2.24) is 0 Å². The molecule has 0 atom stereocenters. The monoisotopic (exact) mass is 759 g/mol. The average Bonchev–Trinajstić information content (AvgIpc) is 3.99. The number of nitrogens with zero attached hydrogens (tertiary/aromatic N) is 1. The molecule has 0 aliphatic rings. The first-order valence-electron chi connectivity index (χ1n) is 19.6. The van der Waals surface area contributed by atoms with Crippen LogP contribution < -0.4 is 4.90 Å². The van der Waals surface area contributed by atoms with Crippen LogP contribution in [0, 0.1) is 0 Å². The summed E-state index contributed by atoms with van der Waals surface area (Å²) < 4.78 is 15.9. The lowest BCUT2D eigenvalue weighted by Gasteiger charge is -2.27. The van der Waals surface area contributed by atoms with Crippen LogP contribution in [0.3, 0.4) is 0 Å². The van der Waals surface area contributed by atoms with Crippen molar-refractivity contribution in [3.63, 3.8) is 0 Å². The predicted molar refractivity (Wildman–Crippen MR) is 245 cm³/mol. The molecule has 3 aromatic heterocycles. The zero-order chi connectivity index (χ0) is 38.2. The number of rotatable bonds is 6. The second-order valence-corrected chi connectivity index (χ2v) is 15.8. The molecule has 272 valence electrons. The van der Waals surface area contributed by atoms with Gasteiger partial charge in [-0.1, -0.05) is 140 Å². The second kappa shape index (κ2) is 13.1. The fourth-order valence-corrected chi connectivity index (χ4v) is 10.2. The van der Waals surface area contributed by atoms with Crippen LogP contribution in [-0.4, -0.2) is 0 Å². The molecule has 3 nitrogen and oxygen atoms in total. The molecule has 0 saturated heterocycles. The Bertz CT molecular complexity index is 3520. The van der Waals surface area contributed by atoms with Crippen molar-refractivity contribution >= 4 is 92.4 Å². The van der Waals surface area contributed by atoms with Gasteiger partial charge in [0.15, 0.2) is 0 Å². The quantitative estimate of drug-likeness (QED) is 0.169. The maximum Gasteiger partial charge on any atom is 0.145 e. The molecule has 58 heavy (non-hydrogen) atoms. The smallest absolute Gasteiger partial charge is 0.145 e. The summed E-state index contributed by atoms with van der Waals surface area (Å²) in [7, 11) is 0. The molecule has 12 rings (SSSR count). The van der Waals surface area contributed by atoms with Gasteiger partial charge in [0.2, 0.25) is 0 Å². The van der Waals surface area contributed by atoms with Gasteiger partial charge in [0.1, 0.15) is 22.3 Å². The number of fused-ring (bicyclic) bond motifs is 9. The Morgan fingerprint density at radius 3 is 1.72 bits per heavy atom. The molecule has 9 aromatic carbocycles. The van der Waals surface area contributed by atoms with Crippen LogP contribution in [0.5, 0.6) is 0 Å². The van der Waals surface area contributed by atoms with E-state index in [2.05, 4.69) is 187 Å². The molecule has 0 saturated carbocycles. The minimum atomic E-state index is 0.851. The SMILES string of the molecule is c1ccc(N(c2ccc(-c3cccc4c3sc3ccccc34)cc2)c2ccc(-c3ccccc3-c3cccc4oc5ccccc5c34)c3oc4ccccc4c23)cc1. The molecule has 12 aromatic rings. The van der Waals surface area contributed by atoms with E-state index in [4.69, 9.17) is 8.83 Å². The van der Waals surface area contributed by atoms with Crippen molar-refractivity contribution < 1.29 is 8.83 Å². The lowest BCUT2D eigenvalue weighted by molar-refractivity contribution is 0.669. The lowest BCUT2D eigenvalue weighted by Crippen LogP contribution is -2.10. The van der Waals surface area contributed by atoms with Crippen LogP contribution in [0.15, 0.2) is 209 Å². The van der Waals surface area contributed by atoms with E-state index in [9.17, 15) is 0 Å². The molecule has 0 amide bonds. The standard InChI is InChI=1S/C54H33NO2S/c1-2-14-35(15-3-1)55(36-30-28-34(29-31-36)37-21-12-23-43-40-18-8-11-27-50(40)58-54(37)43)46-33-32-42(53-52(46)45-20-7-10-25-48(45)57-53)39-17-5-4-16-38(39)41-22-13-26-49-51(41)44-19-6-9-24-47(44)56-49/h1-33H. The van der Waals surface area contributed by atoms with E-state index >= 15 is 0 Å². The molecule has 4 heteroatoms. The fourth-order valence-electron chi connectivity index (χ4n) is 8.93. The number of anilines is 3. The van der Waals surface area contributed by atoms with Gasteiger partial charge in [-0.2, -0.15) is 0 Å². The average molecular weight is 760 g/mol. The Labute approximate surface area is 338 Å². The third-order valence-electron chi connectivity index (χ3n) is 11.5. The van der Waals surface area contributed by atoms with Crippen molar-refractivity contribution in [2.45, 2.75) is 0 Å². The summed E-state index contributed by atoms with van der Waals surface area (Å²) in [5, 5.41) is 6.98. The fraction of sp³-hybridized carbons (Fsp3) is 0. The molecule has 0 radical (unpaired) electrons. The summed E-state index contributed by atoms with van der Waals surface area (Å²) in [6.45, 7) is 0. The maximum absolute atomic E-state index is 6.93. The van der Waals surface area contributed by atoms with Gasteiger partial charge in [0.05, 0.1) is 11.1 Å². The van der Waals surface area contributed by atoms with Crippen LogP contribution >= 0.6 is 11.3 Å². The zero-order valence-electron chi connectivity index (χ0n) is 31.2. The van der Waals surface area contributed by atoms with E-state index in [1.165, 1.54) is 31.3 Å². The van der Waals surface area contributed by atoms with Crippen molar-refractivity contribution in [2.24, 2.45) is 0 Å². The van der Waals surface area contributed by atoms with E-state index in [0.29, 0.717) is 0 Å². The third kappa shape index (κ3) is 5.05. The highest BCUT2D eigenvalue weighted by Crippen LogP contribution is 2.49. The molecule has 0 aliphatic heterocycles. The number of benzene rings is 9. The number of furan rings is 2. The molecule has 0 unspecified atom stereocenters. The van der Waals surface area contributed by atoms with E-state index in [0.717, 1.165) is 83.2 Å². The van der Waals surface area contributed by atoms with Gasteiger partial charge < -0.3 is 13.7 Å². The summed E-state index contributed by atoms with van der Waals surface area (Å²) in [5.41, 5.74) is 13.5. The summed E-state index contributed by atoms with van der Waals surface area (Å²) in [4.78, 5) is 2.36. The Morgan fingerprint density at radius 2 is 0.914 bits per heavy atom. The minimum Gasteiger partial charge on any atom is -0.456 e. The topological polar surface area (TPSA) is 29.5 Å². The van der Waals surface area contributed by atoms with E-state index in [1.54, 1.807) is 0 Å². The van der Waals surface area contributed by atoms with Gasteiger partial charge >= 0.3 is 0 Å². The molecular formula is C54H33NO2S. The molecule has 0 bridgehead atoms. The normalized spacial score (nSPS) is 11.8. The number of hydrogen-bond donors (Lipinski definition) is 0. The van der Waals surface area contributed by atoms with Crippen LogP contribution in [0.4, 0.5) is 17.1 Å². The van der Waals surface area contributed by atoms with Crippen LogP contribution in [-0.2, 0) is 0 Å². The highest BCUT2D eigenvalue weighted by molar-refractivity contribution is 7.26. The first kappa shape index (κ1) is 32.8. The Balaban J connectivity index is 1.05. The lowest BCUT2D eigenvalue weighted by atomic mass is 9.90. The summed E-state index contributed by atoms with van der Waals surface area (Å²) in [6.07, 6.45) is 0. The molecule has 0 spiro atoms. The van der Waals surface area contributed by atoms with Gasteiger partial charge in [-0.3, -0.25) is 0 Å². The summed E-state index contributed by atoms with van der Waals surface area (Å²) >= 11 is 1.87. The minimum absolute atomic E-state index is 0.851. The Kier molecular flexibility index (Phi) is 7.40. The third-order valence-corrected chi connectivity index (χ3v) is 12.7. The number of thiophene rings is 1. The van der Waals surface area contributed by atoms with Crippen LogP contribution in [0.25, 0.3) is 97.4 Å². The summed E-state index contributed by atoms with van der Waals surface area (Å²) in [5.74, 6) is 0. The maximum atomic E-state index is 6.93. The van der Waals surface area contributed by atoms with Gasteiger partial charge in [-0.15, -0.1) is 11.3 Å². The second-order valence-electron chi connectivity index (χ2n) is 14.8. The van der Waals surface area contributed by atoms with Gasteiger partial charge in [-0.05, 0) is 88.5 Å². The Morgan fingerprint density at radius 1 is 0.345 bits per heavy atom. The van der Waals surface area contributed by atoms with Crippen molar-refractivity contribution in [3.8, 4) is 33.4 Å². The number of hydrogen-bond acceptors (Lipinski definition) is 4. The van der Waals surface area contributed by atoms with Gasteiger partial charge in [0.25, 0.3) is 0 Å². The largest absolute Gasteiger partial charge is 0.456 e. The first-order valence-corrected chi connectivity index (χ1v) is 20.4. The van der Waals surface area contributed by atoms with Gasteiger partial charge in [-0.25, -0.2) is 0 Å². The van der Waals surface area contributed by atoms with Crippen molar-refractivity contribution in [1.29, 1.82) is 0 Å². The van der Waals surface area contributed by atoms with Gasteiger partial charge in [0, 0.05) is 53.3 Å². The summed E-state index contributed by atoms with van der Waals surface area (Å²) in [6, 6.07) is 71.2. The van der Waals surface area contributed by atoms with E-state index in [1.807, 2.05) is 29.5 Å². The van der Waals surface area contributed by atoms with E-state index in [-0.39, 0.29) is 0 Å². The van der Waals surface area contributed by atoms with Crippen molar-refractivity contribution in [2.75, 3.05) is 4.90 Å². The first-order chi connectivity index (χ1) is 28.8. The predicted octanol–water partition coefficient (Wildman–Crippen LogP) is 16.3. The van der Waals surface area contributed by atoms with E-state index < -0.39 is 0 Å². The number of para-hydroxylation sites is 3. The van der Waals surface area contributed by atoms with Crippen LogP contribution in [0.2, 0.25) is 0 Å².